The lowest BCUT2D eigenvalue weighted by Crippen LogP contribution is -2.17. The van der Waals surface area contributed by atoms with E-state index in [2.05, 4.69) is 15.9 Å². The molecule has 1 atom stereocenters. The highest BCUT2D eigenvalue weighted by molar-refractivity contribution is 9.09. The van der Waals surface area contributed by atoms with E-state index in [1.807, 2.05) is 0 Å². The zero-order valence-corrected chi connectivity index (χ0v) is 8.16. The van der Waals surface area contributed by atoms with Gasteiger partial charge in [-0.2, -0.15) is 13.2 Å². The largest absolute Gasteiger partial charge is 0.405 e. The van der Waals surface area contributed by atoms with Crippen molar-refractivity contribution in [2.75, 3.05) is 0 Å². The van der Waals surface area contributed by atoms with Crippen molar-refractivity contribution in [3.05, 3.63) is 35.4 Å². The molecule has 0 fully saturated rings. The fraction of sp³-hybridized carbons (Fsp3) is 0.250. The van der Waals surface area contributed by atoms with Gasteiger partial charge in [0.25, 0.3) is 0 Å². The van der Waals surface area contributed by atoms with E-state index < -0.39 is 28.2 Å². The number of hydrogen-bond donors (Lipinski definition) is 0. The van der Waals surface area contributed by atoms with Gasteiger partial charge in [-0.1, -0.05) is 22.0 Å². The van der Waals surface area contributed by atoms with Crippen molar-refractivity contribution in [2.24, 2.45) is 0 Å². The summed E-state index contributed by atoms with van der Waals surface area (Å²) >= 11 is 2.20. The molecule has 14 heavy (non-hydrogen) atoms. The first-order valence-electron chi connectivity index (χ1n) is 3.48. The Bertz CT molecular complexity index is 313. The number of hydrogen-bond acceptors (Lipinski definition) is 0. The maximum atomic E-state index is 12.9. The van der Waals surface area contributed by atoms with Crippen molar-refractivity contribution >= 4 is 15.9 Å². The first-order valence-corrected chi connectivity index (χ1v) is 4.40. The van der Waals surface area contributed by atoms with Crippen LogP contribution < -0.4 is 0 Å². The quantitative estimate of drug-likeness (QED) is 0.537. The zero-order valence-electron chi connectivity index (χ0n) is 6.58. The van der Waals surface area contributed by atoms with E-state index in [0.717, 1.165) is 18.2 Å². The number of benzene rings is 1. The lowest BCUT2D eigenvalue weighted by atomic mass is 10.1. The van der Waals surface area contributed by atoms with Crippen LogP contribution in [0.2, 0.25) is 0 Å². The second kappa shape index (κ2) is 3.84. The van der Waals surface area contributed by atoms with Gasteiger partial charge in [0.05, 0.1) is 0 Å². The molecule has 0 unspecified atom stereocenters. The van der Waals surface area contributed by atoms with Crippen LogP contribution in [0.1, 0.15) is 10.4 Å². The van der Waals surface area contributed by atoms with Gasteiger partial charge < -0.3 is 0 Å². The molecule has 0 amide bonds. The summed E-state index contributed by atoms with van der Waals surface area (Å²) in [6, 6.07) is 2.56. The first kappa shape index (κ1) is 11.4. The van der Waals surface area contributed by atoms with Crippen LogP contribution in [0, 0.1) is 11.6 Å². The molecule has 78 valence electrons. The standard InChI is InChI=1S/C8H4BrF5/c9-7(8(12,13)14)6-4(10)2-1-3-5(6)11/h1-3,7H/t7-/m1/s1. The van der Waals surface area contributed by atoms with Crippen molar-refractivity contribution in [3.8, 4) is 0 Å². The minimum atomic E-state index is -4.72. The third kappa shape index (κ3) is 2.23. The van der Waals surface area contributed by atoms with Gasteiger partial charge in [0.15, 0.2) is 0 Å². The van der Waals surface area contributed by atoms with Gasteiger partial charge in [0.1, 0.15) is 16.5 Å². The van der Waals surface area contributed by atoms with Gasteiger partial charge in [-0.05, 0) is 12.1 Å². The first-order chi connectivity index (χ1) is 6.34. The highest BCUT2D eigenvalue weighted by Gasteiger charge is 2.41. The summed E-state index contributed by atoms with van der Waals surface area (Å²) in [4.78, 5) is -2.32. The number of halogens is 6. The Morgan fingerprint density at radius 1 is 1.07 bits per heavy atom. The van der Waals surface area contributed by atoms with Crippen molar-refractivity contribution in [3.63, 3.8) is 0 Å². The van der Waals surface area contributed by atoms with Crippen LogP contribution in [0.5, 0.6) is 0 Å². The molecule has 1 aromatic rings. The second-order valence-corrected chi connectivity index (χ2v) is 3.46. The molecular formula is C8H4BrF5. The molecule has 0 nitrogen and oxygen atoms in total. The molecule has 0 aliphatic heterocycles. The van der Waals surface area contributed by atoms with Crippen LogP contribution in [-0.4, -0.2) is 6.18 Å². The average molecular weight is 275 g/mol. The Morgan fingerprint density at radius 2 is 1.50 bits per heavy atom. The molecule has 1 aromatic carbocycles. The minimum absolute atomic E-state index is 0.776. The Morgan fingerprint density at radius 3 is 1.86 bits per heavy atom. The van der Waals surface area contributed by atoms with Gasteiger partial charge in [-0.25, -0.2) is 8.78 Å². The van der Waals surface area contributed by atoms with Gasteiger partial charge in [0, 0.05) is 5.56 Å². The molecule has 0 spiro atoms. The number of rotatable bonds is 1. The Labute approximate surface area is 84.9 Å². The third-order valence-electron chi connectivity index (χ3n) is 1.54. The van der Waals surface area contributed by atoms with Crippen molar-refractivity contribution < 1.29 is 22.0 Å². The van der Waals surface area contributed by atoms with E-state index in [-0.39, 0.29) is 0 Å². The molecule has 0 aliphatic rings. The highest BCUT2D eigenvalue weighted by atomic mass is 79.9. The average Bonchev–Trinajstić information content (AvgIpc) is 2.01. The van der Waals surface area contributed by atoms with E-state index in [0.29, 0.717) is 0 Å². The van der Waals surface area contributed by atoms with Gasteiger partial charge in [-0.3, -0.25) is 0 Å². The van der Waals surface area contributed by atoms with Crippen LogP contribution >= 0.6 is 15.9 Å². The predicted octanol–water partition coefficient (Wildman–Crippen LogP) is 3.96. The summed E-state index contributed by atoms with van der Waals surface area (Å²) < 4.78 is 62.1. The fourth-order valence-electron chi connectivity index (χ4n) is 0.916. The predicted molar refractivity (Wildman–Crippen MR) is 44.1 cm³/mol. The molecule has 6 heteroatoms. The minimum Gasteiger partial charge on any atom is -0.207 e. The topological polar surface area (TPSA) is 0 Å². The molecule has 0 saturated heterocycles. The summed E-state index contributed by atoms with van der Waals surface area (Å²) in [5, 5.41) is 0. The lowest BCUT2D eigenvalue weighted by molar-refractivity contribution is -0.129. The summed E-state index contributed by atoms with van der Waals surface area (Å²) in [5.41, 5.74) is -1.01. The number of alkyl halides is 4. The van der Waals surface area contributed by atoms with Gasteiger partial charge in [-0.15, -0.1) is 0 Å². The van der Waals surface area contributed by atoms with Crippen LogP contribution in [0.3, 0.4) is 0 Å². The van der Waals surface area contributed by atoms with E-state index in [4.69, 9.17) is 0 Å². The molecule has 0 bridgehead atoms. The van der Waals surface area contributed by atoms with Crippen molar-refractivity contribution in [2.45, 2.75) is 11.0 Å². The van der Waals surface area contributed by atoms with Crippen molar-refractivity contribution in [1.82, 2.24) is 0 Å². The van der Waals surface area contributed by atoms with E-state index in [1.165, 1.54) is 0 Å². The molecule has 1 rings (SSSR count). The smallest absolute Gasteiger partial charge is 0.207 e. The summed E-state index contributed by atoms with van der Waals surface area (Å²) in [6.45, 7) is 0. The molecule has 0 N–H and O–H groups in total. The molecule has 0 aliphatic carbocycles. The van der Waals surface area contributed by atoms with Crippen LogP contribution in [0.15, 0.2) is 18.2 Å². The zero-order chi connectivity index (χ0) is 10.9. The molecule has 0 radical (unpaired) electrons. The van der Waals surface area contributed by atoms with Gasteiger partial charge in [0.2, 0.25) is 0 Å². The van der Waals surface area contributed by atoms with Crippen LogP contribution in [0.25, 0.3) is 0 Å². The van der Waals surface area contributed by atoms with E-state index in [1.54, 1.807) is 0 Å². The maximum absolute atomic E-state index is 12.9. The van der Waals surface area contributed by atoms with Gasteiger partial charge >= 0.3 is 6.18 Å². The Balaban J connectivity index is 3.19. The van der Waals surface area contributed by atoms with E-state index in [9.17, 15) is 22.0 Å². The van der Waals surface area contributed by atoms with E-state index >= 15 is 0 Å². The summed E-state index contributed by atoms with van der Waals surface area (Å²) in [7, 11) is 0. The molecule has 0 heterocycles. The normalized spacial score (nSPS) is 14.1. The Hall–Kier alpha value is -0.650. The Kier molecular flexibility index (Phi) is 3.14. The molecular weight excluding hydrogens is 271 g/mol. The lowest BCUT2D eigenvalue weighted by Gasteiger charge is -2.15. The van der Waals surface area contributed by atoms with Crippen LogP contribution in [-0.2, 0) is 0 Å². The third-order valence-corrected chi connectivity index (χ3v) is 2.52. The SMILES string of the molecule is Fc1cccc(F)c1[C@@H](Br)C(F)(F)F. The monoisotopic (exact) mass is 274 g/mol. The fourth-order valence-corrected chi connectivity index (χ4v) is 1.35. The highest BCUT2D eigenvalue weighted by Crippen LogP contribution is 2.41. The molecule has 0 saturated carbocycles. The maximum Gasteiger partial charge on any atom is 0.405 e. The molecule has 0 aromatic heterocycles. The second-order valence-electron chi connectivity index (χ2n) is 2.54. The van der Waals surface area contributed by atoms with Crippen molar-refractivity contribution in [1.29, 1.82) is 0 Å². The summed E-state index contributed by atoms with van der Waals surface area (Å²) in [5.74, 6) is -2.44. The van der Waals surface area contributed by atoms with Crippen LogP contribution in [0.4, 0.5) is 22.0 Å². The summed E-state index contributed by atoms with van der Waals surface area (Å²) in [6.07, 6.45) is -4.72.